The van der Waals surface area contributed by atoms with Crippen LogP contribution < -0.4 is 0 Å². The van der Waals surface area contributed by atoms with E-state index in [9.17, 15) is 0 Å². The minimum atomic E-state index is 0.126. The molecule has 0 fully saturated rings. The third kappa shape index (κ3) is 4.83. The lowest BCUT2D eigenvalue weighted by Gasteiger charge is -2.07. The molecule has 0 aliphatic rings. The van der Waals surface area contributed by atoms with Crippen LogP contribution in [0.1, 0.15) is 16.7 Å². The van der Waals surface area contributed by atoms with Crippen molar-refractivity contribution in [3.05, 3.63) is 71.3 Å². The van der Waals surface area contributed by atoms with Crippen molar-refractivity contribution in [2.45, 2.75) is 20.1 Å². The lowest BCUT2D eigenvalue weighted by molar-refractivity contribution is -0.345. The molecule has 2 aromatic carbocycles. The van der Waals surface area contributed by atoms with Gasteiger partial charge in [0, 0.05) is 0 Å². The van der Waals surface area contributed by atoms with Crippen LogP contribution in [0.2, 0.25) is 0 Å². The fourth-order valence-corrected chi connectivity index (χ4v) is 1.68. The molecule has 3 nitrogen and oxygen atoms in total. The van der Waals surface area contributed by atoms with Crippen LogP contribution in [0, 0.1) is 6.92 Å². The Kier molecular flexibility index (Phi) is 5.56. The lowest BCUT2D eigenvalue weighted by atomic mass is 10.1. The third-order valence-electron chi connectivity index (χ3n) is 2.80. The highest BCUT2D eigenvalue weighted by Crippen LogP contribution is 2.08. The molecular weight excluding hydrogens is 240 g/mol. The van der Waals surface area contributed by atoms with Gasteiger partial charge in [0.25, 0.3) is 0 Å². The van der Waals surface area contributed by atoms with Crippen molar-refractivity contribution in [1.82, 2.24) is 0 Å². The largest absolute Gasteiger partial charge is 0.348 e. The van der Waals surface area contributed by atoms with Gasteiger partial charge in [-0.25, -0.2) is 9.78 Å². The van der Waals surface area contributed by atoms with Gasteiger partial charge in [0.05, 0.1) is 6.61 Å². The predicted octanol–water partition coefficient (Wildman–Crippen LogP) is 3.62. The summed E-state index contributed by atoms with van der Waals surface area (Å²) in [6, 6.07) is 18.0. The van der Waals surface area contributed by atoms with Crippen LogP contribution in [0.4, 0.5) is 0 Å². The summed E-state index contributed by atoms with van der Waals surface area (Å²) >= 11 is 0. The van der Waals surface area contributed by atoms with Crippen molar-refractivity contribution in [1.29, 1.82) is 0 Å². The van der Waals surface area contributed by atoms with E-state index in [0.29, 0.717) is 13.2 Å². The maximum Gasteiger partial charge on any atom is 0.181 e. The summed E-state index contributed by atoms with van der Waals surface area (Å²) in [6.07, 6.45) is 0. The van der Waals surface area contributed by atoms with Gasteiger partial charge in [0.1, 0.15) is 6.61 Å². The van der Waals surface area contributed by atoms with Gasteiger partial charge in [-0.1, -0.05) is 54.6 Å². The van der Waals surface area contributed by atoms with Crippen LogP contribution in [-0.4, -0.2) is 6.79 Å². The Balaban J connectivity index is 1.59. The van der Waals surface area contributed by atoms with Gasteiger partial charge in [-0.3, -0.25) is 0 Å². The molecule has 19 heavy (non-hydrogen) atoms. The summed E-state index contributed by atoms with van der Waals surface area (Å²) in [5, 5.41) is 0. The van der Waals surface area contributed by atoms with E-state index in [-0.39, 0.29) is 6.79 Å². The fourth-order valence-electron chi connectivity index (χ4n) is 1.68. The van der Waals surface area contributed by atoms with Crippen LogP contribution >= 0.6 is 0 Å². The van der Waals surface area contributed by atoms with Crippen LogP contribution in [0.25, 0.3) is 0 Å². The molecule has 2 rings (SSSR count). The van der Waals surface area contributed by atoms with Crippen LogP contribution in [0.5, 0.6) is 0 Å². The molecule has 0 atom stereocenters. The average molecular weight is 258 g/mol. The molecule has 100 valence electrons. The first-order valence-corrected chi connectivity index (χ1v) is 6.27. The average Bonchev–Trinajstić information content (AvgIpc) is 2.45. The van der Waals surface area contributed by atoms with E-state index in [4.69, 9.17) is 14.5 Å². The van der Waals surface area contributed by atoms with Crippen molar-refractivity contribution in [2.75, 3.05) is 6.79 Å². The van der Waals surface area contributed by atoms with E-state index >= 15 is 0 Å². The molecule has 0 spiro atoms. The third-order valence-corrected chi connectivity index (χ3v) is 2.80. The second kappa shape index (κ2) is 7.69. The summed E-state index contributed by atoms with van der Waals surface area (Å²) < 4.78 is 5.34. The zero-order chi connectivity index (χ0) is 13.3. The van der Waals surface area contributed by atoms with Crippen molar-refractivity contribution in [2.24, 2.45) is 0 Å². The zero-order valence-corrected chi connectivity index (χ0v) is 11.0. The van der Waals surface area contributed by atoms with Gasteiger partial charge < -0.3 is 4.74 Å². The van der Waals surface area contributed by atoms with Gasteiger partial charge in [-0.15, -0.1) is 0 Å². The molecular formula is C16H18O3. The van der Waals surface area contributed by atoms with Crippen molar-refractivity contribution < 1.29 is 14.5 Å². The van der Waals surface area contributed by atoms with Gasteiger partial charge in [0.15, 0.2) is 6.79 Å². The number of hydrogen-bond donors (Lipinski definition) is 0. The molecule has 0 saturated heterocycles. The van der Waals surface area contributed by atoms with E-state index < -0.39 is 0 Å². The first-order valence-electron chi connectivity index (χ1n) is 6.27. The maximum absolute atomic E-state index is 5.34. The molecule has 0 aliphatic heterocycles. The summed E-state index contributed by atoms with van der Waals surface area (Å²) in [7, 11) is 0. The van der Waals surface area contributed by atoms with Gasteiger partial charge in [0.2, 0.25) is 0 Å². The Hall–Kier alpha value is -1.68. The predicted molar refractivity (Wildman–Crippen MR) is 73.2 cm³/mol. The van der Waals surface area contributed by atoms with E-state index in [2.05, 4.69) is 0 Å². The van der Waals surface area contributed by atoms with Gasteiger partial charge in [-0.05, 0) is 23.6 Å². The van der Waals surface area contributed by atoms with Gasteiger partial charge >= 0.3 is 0 Å². The van der Waals surface area contributed by atoms with Crippen LogP contribution in [-0.2, 0) is 27.7 Å². The van der Waals surface area contributed by atoms with Crippen LogP contribution in [0.15, 0.2) is 54.6 Å². The Bertz CT molecular complexity index is 482. The minimum absolute atomic E-state index is 0.126. The molecule has 0 aromatic heterocycles. The summed E-state index contributed by atoms with van der Waals surface area (Å²) in [5.41, 5.74) is 3.42. The lowest BCUT2D eigenvalue weighted by Crippen LogP contribution is -2.02. The Morgan fingerprint density at radius 3 is 2.32 bits per heavy atom. The molecule has 0 N–H and O–H groups in total. The standard InChI is InChI=1S/C16H18O3/c1-14-7-5-6-10-16(14)12-18-19-13-17-11-15-8-3-2-4-9-15/h2-10H,11-13H2,1H3. The summed E-state index contributed by atoms with van der Waals surface area (Å²) in [6.45, 7) is 3.13. The fraction of sp³-hybridized carbons (Fsp3) is 0.250. The van der Waals surface area contributed by atoms with Gasteiger partial charge in [-0.2, -0.15) is 0 Å². The highest BCUT2D eigenvalue weighted by atomic mass is 17.2. The molecule has 0 bridgehead atoms. The molecule has 3 heteroatoms. The topological polar surface area (TPSA) is 27.7 Å². The van der Waals surface area contributed by atoms with Crippen LogP contribution in [0.3, 0.4) is 0 Å². The quantitative estimate of drug-likeness (QED) is 0.328. The first kappa shape index (κ1) is 13.7. The number of ether oxygens (including phenoxy) is 1. The molecule has 0 radical (unpaired) electrons. The van der Waals surface area contributed by atoms with E-state index in [1.54, 1.807) is 0 Å². The zero-order valence-electron chi connectivity index (χ0n) is 11.0. The second-order valence-corrected chi connectivity index (χ2v) is 4.26. The SMILES string of the molecule is Cc1ccccc1COOCOCc1ccccc1. The number of hydrogen-bond acceptors (Lipinski definition) is 3. The second-order valence-electron chi connectivity index (χ2n) is 4.26. The highest BCUT2D eigenvalue weighted by molar-refractivity contribution is 5.24. The Morgan fingerprint density at radius 1 is 0.789 bits per heavy atom. The normalized spacial score (nSPS) is 10.6. The molecule has 0 amide bonds. The monoisotopic (exact) mass is 258 g/mol. The Labute approximate surface area is 113 Å². The molecule has 0 saturated carbocycles. The number of rotatable bonds is 7. The van der Waals surface area contributed by atoms with E-state index in [1.165, 1.54) is 5.56 Å². The van der Waals surface area contributed by atoms with Crippen molar-refractivity contribution in [3.63, 3.8) is 0 Å². The number of benzene rings is 2. The molecule has 0 unspecified atom stereocenters. The molecule has 2 aromatic rings. The van der Waals surface area contributed by atoms with Crippen molar-refractivity contribution >= 4 is 0 Å². The molecule has 0 heterocycles. The summed E-state index contributed by atoms with van der Waals surface area (Å²) in [4.78, 5) is 10.1. The molecule has 0 aliphatic carbocycles. The highest BCUT2D eigenvalue weighted by Gasteiger charge is 1.98. The number of aryl methyl sites for hydroxylation is 1. The minimum Gasteiger partial charge on any atom is -0.348 e. The van der Waals surface area contributed by atoms with Crippen molar-refractivity contribution in [3.8, 4) is 0 Å². The van der Waals surface area contributed by atoms with E-state index in [0.717, 1.165) is 11.1 Å². The summed E-state index contributed by atoms with van der Waals surface area (Å²) in [5.74, 6) is 0. The first-order chi connectivity index (χ1) is 9.36. The smallest absolute Gasteiger partial charge is 0.181 e. The maximum atomic E-state index is 5.34. The Morgan fingerprint density at radius 2 is 1.53 bits per heavy atom. The van der Waals surface area contributed by atoms with E-state index in [1.807, 2.05) is 61.5 Å².